The lowest BCUT2D eigenvalue weighted by atomic mass is 10.3. The summed E-state index contributed by atoms with van der Waals surface area (Å²) in [5, 5.41) is 8.09. The predicted molar refractivity (Wildman–Crippen MR) is 67.0 cm³/mol. The first kappa shape index (κ1) is 11.4. The minimum atomic E-state index is -0.390. The van der Waals surface area contributed by atoms with Gasteiger partial charge in [0.2, 0.25) is 0 Å². The molecule has 0 aliphatic rings. The molecule has 1 aromatic carbocycles. The summed E-state index contributed by atoms with van der Waals surface area (Å²) in [4.78, 5) is 11.3. The van der Waals surface area contributed by atoms with Gasteiger partial charge in [-0.1, -0.05) is 17.3 Å². The highest BCUT2D eigenvalue weighted by Gasteiger charge is 2.11. The first-order valence-electron chi connectivity index (χ1n) is 5.64. The lowest BCUT2D eigenvalue weighted by molar-refractivity contribution is 0.0953. The van der Waals surface area contributed by atoms with Crippen LogP contribution in [0.1, 0.15) is 16.1 Å². The van der Waals surface area contributed by atoms with Crippen molar-refractivity contribution in [2.75, 3.05) is 0 Å². The summed E-state index contributed by atoms with van der Waals surface area (Å²) >= 11 is 0. The minimum absolute atomic E-state index is 0.377. The molecule has 0 atom stereocenters. The van der Waals surface area contributed by atoms with Crippen molar-refractivity contribution in [2.45, 2.75) is 6.54 Å². The molecule has 0 saturated carbocycles. The Kier molecular flexibility index (Phi) is 2.73. The number of amides is 1. The third-order valence-corrected chi connectivity index (χ3v) is 2.77. The van der Waals surface area contributed by atoms with Gasteiger partial charge in [0, 0.05) is 0 Å². The molecule has 3 rings (SSSR count). The van der Waals surface area contributed by atoms with Gasteiger partial charge in [-0.25, -0.2) is 10.5 Å². The van der Waals surface area contributed by atoms with Crippen LogP contribution in [-0.2, 0) is 6.54 Å². The van der Waals surface area contributed by atoms with Crippen LogP contribution in [0.4, 0.5) is 0 Å². The highest BCUT2D eigenvalue weighted by Crippen LogP contribution is 2.14. The number of nitrogen functional groups attached to an aromatic ring is 1. The molecule has 0 aliphatic carbocycles. The van der Waals surface area contributed by atoms with E-state index in [-0.39, 0.29) is 0 Å². The number of benzene rings is 1. The number of nitrogens with one attached hydrogen (secondary N) is 1. The molecule has 7 heteroatoms. The Balaban J connectivity index is 1.89. The zero-order valence-corrected chi connectivity index (χ0v) is 9.91. The molecule has 2 heterocycles. The van der Waals surface area contributed by atoms with Crippen LogP contribution in [0.5, 0.6) is 0 Å². The average Bonchev–Trinajstić information content (AvgIpc) is 3.06. The van der Waals surface area contributed by atoms with Gasteiger partial charge < -0.3 is 4.42 Å². The quantitative estimate of drug-likeness (QED) is 0.408. The third kappa shape index (κ3) is 2.06. The van der Waals surface area contributed by atoms with E-state index >= 15 is 0 Å². The molecule has 19 heavy (non-hydrogen) atoms. The first-order chi connectivity index (χ1) is 9.28. The van der Waals surface area contributed by atoms with Gasteiger partial charge in [0.25, 0.3) is 5.91 Å². The van der Waals surface area contributed by atoms with Crippen LogP contribution in [0.2, 0.25) is 0 Å². The summed E-state index contributed by atoms with van der Waals surface area (Å²) < 4.78 is 7.01. The molecular formula is C12H11N5O2. The topological polar surface area (TPSA) is 99.0 Å². The van der Waals surface area contributed by atoms with Gasteiger partial charge in [-0.05, 0) is 18.2 Å². The van der Waals surface area contributed by atoms with Crippen molar-refractivity contribution in [2.24, 2.45) is 5.84 Å². The van der Waals surface area contributed by atoms with E-state index in [0.717, 1.165) is 11.0 Å². The lowest BCUT2D eigenvalue weighted by Gasteiger charge is -1.98. The van der Waals surface area contributed by atoms with Crippen molar-refractivity contribution in [1.29, 1.82) is 0 Å². The largest absolute Gasteiger partial charge is 0.467 e. The molecule has 1 amide bonds. The van der Waals surface area contributed by atoms with Gasteiger partial charge >= 0.3 is 0 Å². The van der Waals surface area contributed by atoms with E-state index in [9.17, 15) is 4.79 Å². The number of para-hydroxylation sites is 1. The van der Waals surface area contributed by atoms with E-state index in [1.54, 1.807) is 10.7 Å². The fraction of sp³-hybridized carbons (Fsp3) is 0.0833. The molecular weight excluding hydrogens is 246 g/mol. The lowest BCUT2D eigenvalue weighted by Crippen LogP contribution is -2.29. The van der Waals surface area contributed by atoms with Crippen LogP contribution < -0.4 is 11.3 Å². The van der Waals surface area contributed by atoms with Crippen molar-refractivity contribution in [1.82, 2.24) is 20.4 Å². The number of furan rings is 1. The Morgan fingerprint density at radius 3 is 3.11 bits per heavy atom. The summed E-state index contributed by atoms with van der Waals surface area (Å²) in [6.45, 7) is 0.401. The molecule has 0 radical (unpaired) electrons. The van der Waals surface area contributed by atoms with Crippen LogP contribution in [0.3, 0.4) is 0 Å². The van der Waals surface area contributed by atoms with Gasteiger partial charge in [0.05, 0.1) is 11.1 Å². The zero-order valence-electron chi connectivity index (χ0n) is 9.91. The summed E-state index contributed by atoms with van der Waals surface area (Å²) in [6.07, 6.45) is 1.36. The van der Waals surface area contributed by atoms with E-state index in [4.69, 9.17) is 10.3 Å². The second-order valence-electron chi connectivity index (χ2n) is 4.01. The second kappa shape index (κ2) is 4.54. The van der Waals surface area contributed by atoms with Crippen LogP contribution >= 0.6 is 0 Å². The van der Waals surface area contributed by atoms with Gasteiger partial charge in [0.1, 0.15) is 24.1 Å². The van der Waals surface area contributed by atoms with Crippen molar-refractivity contribution in [3.63, 3.8) is 0 Å². The number of aromatic nitrogens is 3. The van der Waals surface area contributed by atoms with E-state index < -0.39 is 5.91 Å². The first-order valence-corrected chi connectivity index (χ1v) is 5.64. The summed E-state index contributed by atoms with van der Waals surface area (Å²) in [5.74, 6) is 5.27. The normalized spacial score (nSPS) is 10.8. The summed E-state index contributed by atoms with van der Waals surface area (Å²) in [5.41, 5.74) is 4.15. The molecule has 7 nitrogen and oxygen atoms in total. The Morgan fingerprint density at radius 2 is 2.26 bits per heavy atom. The highest BCUT2D eigenvalue weighted by molar-refractivity contribution is 5.93. The number of hydrogen-bond donors (Lipinski definition) is 2. The zero-order chi connectivity index (χ0) is 13.2. The smallest absolute Gasteiger partial charge is 0.268 e. The van der Waals surface area contributed by atoms with E-state index in [1.807, 2.05) is 29.7 Å². The fourth-order valence-electron chi connectivity index (χ4n) is 1.85. The van der Waals surface area contributed by atoms with Gasteiger partial charge in [-0.2, -0.15) is 0 Å². The molecule has 2 aromatic heterocycles. The molecule has 3 aromatic rings. The molecule has 3 N–H and O–H groups in total. The predicted octanol–water partition coefficient (Wildman–Crippen LogP) is 0.676. The van der Waals surface area contributed by atoms with Crippen molar-refractivity contribution < 1.29 is 9.21 Å². The standard InChI is InChI=1S/C12H11N5O2/c13-14-12(18)8-5-9(19-7-8)6-17-11-4-2-1-3-10(11)15-16-17/h1-5,7H,6,13H2,(H,14,18). The van der Waals surface area contributed by atoms with Crippen LogP contribution in [0.25, 0.3) is 11.0 Å². The minimum Gasteiger partial charge on any atom is -0.467 e. The number of rotatable bonds is 3. The summed E-state index contributed by atoms with van der Waals surface area (Å²) in [7, 11) is 0. The molecule has 0 aliphatic heterocycles. The molecule has 0 unspecified atom stereocenters. The Bertz CT molecular complexity index is 730. The maximum atomic E-state index is 11.3. The average molecular weight is 257 g/mol. The van der Waals surface area contributed by atoms with Crippen LogP contribution in [0, 0.1) is 0 Å². The maximum absolute atomic E-state index is 11.3. The van der Waals surface area contributed by atoms with Gasteiger partial charge in [-0.15, -0.1) is 5.10 Å². The number of nitrogens with zero attached hydrogens (tertiary/aromatic N) is 3. The number of hydrazine groups is 1. The van der Waals surface area contributed by atoms with Crippen LogP contribution in [-0.4, -0.2) is 20.9 Å². The number of hydrogen-bond acceptors (Lipinski definition) is 5. The van der Waals surface area contributed by atoms with Crippen molar-refractivity contribution >= 4 is 16.9 Å². The molecule has 0 spiro atoms. The van der Waals surface area contributed by atoms with E-state index in [0.29, 0.717) is 17.9 Å². The third-order valence-electron chi connectivity index (χ3n) is 2.77. The number of fused-ring (bicyclic) bond motifs is 1. The Morgan fingerprint density at radius 1 is 1.42 bits per heavy atom. The van der Waals surface area contributed by atoms with E-state index in [1.165, 1.54) is 6.26 Å². The molecule has 0 saturated heterocycles. The molecule has 96 valence electrons. The molecule has 0 fully saturated rings. The SMILES string of the molecule is NNC(=O)c1coc(Cn2nnc3ccccc32)c1. The number of carbonyl (C=O) groups excluding carboxylic acids is 1. The van der Waals surface area contributed by atoms with Gasteiger partial charge in [-0.3, -0.25) is 10.2 Å². The number of nitrogens with two attached hydrogens (primary N) is 1. The Labute approximate surface area is 108 Å². The Hall–Kier alpha value is -2.67. The molecule has 0 bridgehead atoms. The summed E-state index contributed by atoms with van der Waals surface area (Å²) in [6, 6.07) is 9.24. The maximum Gasteiger partial charge on any atom is 0.268 e. The van der Waals surface area contributed by atoms with Crippen molar-refractivity contribution in [3.05, 3.63) is 47.9 Å². The van der Waals surface area contributed by atoms with Gasteiger partial charge in [0.15, 0.2) is 0 Å². The number of carbonyl (C=O) groups is 1. The second-order valence-corrected chi connectivity index (χ2v) is 4.01. The van der Waals surface area contributed by atoms with Crippen LogP contribution in [0.15, 0.2) is 41.0 Å². The highest BCUT2D eigenvalue weighted by atomic mass is 16.3. The fourth-order valence-corrected chi connectivity index (χ4v) is 1.85. The van der Waals surface area contributed by atoms with Crippen molar-refractivity contribution in [3.8, 4) is 0 Å². The van der Waals surface area contributed by atoms with E-state index in [2.05, 4.69) is 10.3 Å². The monoisotopic (exact) mass is 257 g/mol.